The predicted octanol–water partition coefficient (Wildman–Crippen LogP) is 16.2. The summed E-state index contributed by atoms with van der Waals surface area (Å²) >= 11 is 0. The first-order valence-corrected chi connectivity index (χ1v) is 25.4. The zero-order valence-electron chi connectivity index (χ0n) is 39.2. The SMILES string of the molecule is CCCCCCCCCCCCCCOC(=O)C(CCC(=O)OC(CCCCCCCCCCCCCC)CCCCCCCCCCCCCC)[N+](C)(C)C. The van der Waals surface area contributed by atoms with Crippen molar-refractivity contribution >= 4 is 11.9 Å². The van der Waals surface area contributed by atoms with Gasteiger partial charge in [-0.05, 0) is 32.1 Å². The summed E-state index contributed by atoms with van der Waals surface area (Å²) in [7, 11) is 6.10. The highest BCUT2D eigenvalue weighted by molar-refractivity contribution is 5.76. The lowest BCUT2D eigenvalue weighted by Crippen LogP contribution is -2.50. The molecule has 0 bridgehead atoms. The molecule has 0 aromatic rings. The van der Waals surface area contributed by atoms with Crippen molar-refractivity contribution in [2.75, 3.05) is 27.7 Å². The molecule has 1 atom stereocenters. The Kier molecular flexibility index (Phi) is 41.2. The third-order valence-corrected chi connectivity index (χ3v) is 12.1. The summed E-state index contributed by atoms with van der Waals surface area (Å²) in [6, 6.07) is -0.356. The molecule has 0 N–H and O–H groups in total. The number of rotatable bonds is 45. The van der Waals surface area contributed by atoms with Crippen LogP contribution in [-0.2, 0) is 19.1 Å². The molecule has 0 aromatic heterocycles. The third-order valence-electron chi connectivity index (χ3n) is 12.1. The number of ether oxygens (including phenoxy) is 2. The van der Waals surface area contributed by atoms with Gasteiger partial charge in [0.05, 0.1) is 34.2 Å². The minimum Gasteiger partial charge on any atom is -0.462 e. The third kappa shape index (κ3) is 38.4. The van der Waals surface area contributed by atoms with E-state index < -0.39 is 0 Å². The van der Waals surface area contributed by atoms with Gasteiger partial charge in [-0.2, -0.15) is 0 Å². The summed E-state index contributed by atoms with van der Waals surface area (Å²) in [4.78, 5) is 26.5. The molecule has 0 saturated carbocycles. The molecular weight excluding hydrogens is 691 g/mol. The largest absolute Gasteiger partial charge is 0.462 e. The zero-order chi connectivity index (χ0) is 41.2. The van der Waals surface area contributed by atoms with Crippen molar-refractivity contribution in [3.05, 3.63) is 0 Å². The van der Waals surface area contributed by atoms with Gasteiger partial charge in [0, 0.05) is 6.42 Å². The highest BCUT2D eigenvalue weighted by Crippen LogP contribution is 2.21. The standard InChI is InChI=1S/C51H102NO4/c1-7-10-13-16-19-22-25-28-31-34-37-40-43-48(44-41-38-35-32-29-26-23-20-17-14-11-8-2)56-50(53)46-45-49(52(4,5)6)51(54)55-47-42-39-36-33-30-27-24-21-18-15-12-9-3/h48-49H,7-47H2,1-6H3/q+1. The highest BCUT2D eigenvalue weighted by Gasteiger charge is 2.34. The Morgan fingerprint density at radius 2 is 0.679 bits per heavy atom. The predicted molar refractivity (Wildman–Crippen MR) is 244 cm³/mol. The Bertz CT molecular complexity index is 795. The molecule has 1 unspecified atom stereocenters. The molecule has 5 heteroatoms. The lowest BCUT2D eigenvalue weighted by Gasteiger charge is -2.32. The molecule has 0 rings (SSSR count). The first kappa shape index (κ1) is 54.9. The summed E-state index contributed by atoms with van der Waals surface area (Å²) in [5.74, 6) is -0.307. The maximum atomic E-state index is 13.2. The molecule has 0 amide bonds. The number of quaternary nitrogens is 1. The van der Waals surface area contributed by atoms with Crippen LogP contribution in [0.2, 0.25) is 0 Å². The highest BCUT2D eigenvalue weighted by atomic mass is 16.5. The monoisotopic (exact) mass is 793 g/mol. The van der Waals surface area contributed by atoms with Crippen LogP contribution in [0.1, 0.15) is 278 Å². The van der Waals surface area contributed by atoms with Gasteiger partial charge >= 0.3 is 11.9 Å². The first-order valence-electron chi connectivity index (χ1n) is 25.4. The smallest absolute Gasteiger partial charge is 0.364 e. The van der Waals surface area contributed by atoms with Gasteiger partial charge in [0.25, 0.3) is 0 Å². The van der Waals surface area contributed by atoms with E-state index in [1.54, 1.807) is 0 Å². The van der Waals surface area contributed by atoms with Gasteiger partial charge in [-0.25, -0.2) is 4.79 Å². The second-order valence-electron chi connectivity index (χ2n) is 18.7. The Hall–Kier alpha value is -1.10. The van der Waals surface area contributed by atoms with Crippen molar-refractivity contribution in [1.82, 2.24) is 0 Å². The molecule has 0 radical (unpaired) electrons. The van der Waals surface area contributed by atoms with Crippen molar-refractivity contribution < 1.29 is 23.5 Å². The van der Waals surface area contributed by atoms with Crippen molar-refractivity contribution in [2.45, 2.75) is 290 Å². The number of nitrogens with zero attached hydrogens (tertiary/aromatic N) is 1. The van der Waals surface area contributed by atoms with Gasteiger partial charge in [0.15, 0.2) is 6.04 Å². The quantitative estimate of drug-likeness (QED) is 0.0350. The Morgan fingerprint density at radius 3 is 0.982 bits per heavy atom. The van der Waals surface area contributed by atoms with Crippen molar-refractivity contribution in [3.8, 4) is 0 Å². The second kappa shape index (κ2) is 42.0. The fourth-order valence-corrected chi connectivity index (χ4v) is 8.22. The first-order chi connectivity index (χ1) is 27.3. The van der Waals surface area contributed by atoms with E-state index in [4.69, 9.17) is 9.47 Å². The van der Waals surface area contributed by atoms with Crippen LogP contribution in [0.15, 0.2) is 0 Å². The lowest BCUT2D eigenvalue weighted by molar-refractivity contribution is -0.887. The topological polar surface area (TPSA) is 52.6 Å². The van der Waals surface area contributed by atoms with Crippen LogP contribution in [0.4, 0.5) is 0 Å². The molecule has 0 heterocycles. The summed E-state index contributed by atoms with van der Waals surface area (Å²) < 4.78 is 12.4. The Labute approximate surface area is 352 Å². The van der Waals surface area contributed by atoms with E-state index in [-0.39, 0.29) is 30.5 Å². The van der Waals surface area contributed by atoms with Crippen LogP contribution < -0.4 is 0 Å². The van der Waals surface area contributed by atoms with E-state index in [1.165, 1.54) is 205 Å². The van der Waals surface area contributed by atoms with Gasteiger partial charge in [0.1, 0.15) is 6.10 Å². The molecule has 0 aromatic carbocycles. The van der Waals surface area contributed by atoms with E-state index in [9.17, 15) is 9.59 Å². The minimum absolute atomic E-state index is 0.00839. The van der Waals surface area contributed by atoms with Gasteiger partial charge in [-0.1, -0.05) is 233 Å². The number of unbranched alkanes of at least 4 members (excludes halogenated alkanes) is 33. The lowest BCUT2D eigenvalue weighted by atomic mass is 10.0. The van der Waals surface area contributed by atoms with Crippen LogP contribution in [0.3, 0.4) is 0 Å². The second-order valence-corrected chi connectivity index (χ2v) is 18.7. The average molecular weight is 793 g/mol. The van der Waals surface area contributed by atoms with E-state index in [2.05, 4.69) is 20.8 Å². The normalized spacial score (nSPS) is 12.4. The molecule has 334 valence electrons. The fourth-order valence-electron chi connectivity index (χ4n) is 8.22. The number of likely N-dealkylation sites (N-methyl/N-ethyl adjacent to an activating group) is 1. The number of carbonyl (C=O) groups excluding carboxylic acids is 2. The Morgan fingerprint density at radius 1 is 0.393 bits per heavy atom. The van der Waals surface area contributed by atoms with Crippen LogP contribution in [0, 0.1) is 0 Å². The van der Waals surface area contributed by atoms with Gasteiger partial charge < -0.3 is 14.0 Å². The molecule has 0 saturated heterocycles. The summed E-state index contributed by atoms with van der Waals surface area (Å²) in [5, 5.41) is 0. The summed E-state index contributed by atoms with van der Waals surface area (Å²) in [5.41, 5.74) is 0. The molecule has 56 heavy (non-hydrogen) atoms. The maximum Gasteiger partial charge on any atom is 0.364 e. The van der Waals surface area contributed by atoms with Crippen molar-refractivity contribution in [1.29, 1.82) is 0 Å². The van der Waals surface area contributed by atoms with Crippen LogP contribution >= 0.6 is 0 Å². The molecule has 0 spiro atoms. The summed E-state index contributed by atoms with van der Waals surface area (Å²) in [6.45, 7) is 7.33. The van der Waals surface area contributed by atoms with Gasteiger partial charge in [-0.15, -0.1) is 0 Å². The van der Waals surface area contributed by atoms with Gasteiger partial charge in [0.2, 0.25) is 0 Å². The molecule has 0 aliphatic rings. The molecule has 0 fully saturated rings. The van der Waals surface area contributed by atoms with Crippen molar-refractivity contribution in [2.24, 2.45) is 0 Å². The van der Waals surface area contributed by atoms with Crippen molar-refractivity contribution in [3.63, 3.8) is 0 Å². The maximum absolute atomic E-state index is 13.2. The number of esters is 2. The van der Waals surface area contributed by atoms with E-state index in [0.717, 1.165) is 38.5 Å². The number of hydrogen-bond donors (Lipinski definition) is 0. The molecule has 0 aliphatic heterocycles. The van der Waals surface area contributed by atoms with E-state index in [1.807, 2.05) is 21.1 Å². The molecule has 5 nitrogen and oxygen atoms in total. The van der Waals surface area contributed by atoms with Gasteiger partial charge in [-0.3, -0.25) is 4.79 Å². The van der Waals surface area contributed by atoms with Crippen LogP contribution in [0.25, 0.3) is 0 Å². The fraction of sp³-hybridized carbons (Fsp3) is 0.961. The zero-order valence-corrected chi connectivity index (χ0v) is 39.2. The molecule has 0 aliphatic carbocycles. The van der Waals surface area contributed by atoms with Crippen LogP contribution in [0.5, 0.6) is 0 Å². The summed E-state index contributed by atoms with van der Waals surface area (Å²) in [6.07, 6.45) is 50.3. The number of carbonyl (C=O) groups is 2. The Balaban J connectivity index is 4.57. The molecular formula is C51H102NO4+. The average Bonchev–Trinajstić information content (AvgIpc) is 3.16. The number of hydrogen-bond acceptors (Lipinski definition) is 4. The minimum atomic E-state index is -0.356. The van der Waals surface area contributed by atoms with Crippen LogP contribution in [-0.4, -0.2) is 56.3 Å². The van der Waals surface area contributed by atoms with E-state index in [0.29, 0.717) is 17.5 Å². The van der Waals surface area contributed by atoms with E-state index >= 15 is 0 Å².